The summed E-state index contributed by atoms with van der Waals surface area (Å²) >= 11 is 1.15. The fraction of sp³-hybridized carbons (Fsp3) is 0.158. The third kappa shape index (κ3) is 4.17. The Hall–Kier alpha value is -2.71. The van der Waals surface area contributed by atoms with Crippen LogP contribution in [0.5, 0.6) is 5.75 Å². The van der Waals surface area contributed by atoms with E-state index >= 15 is 0 Å². The van der Waals surface area contributed by atoms with Crippen LogP contribution in [0.2, 0.25) is 0 Å². The molecule has 0 unspecified atom stereocenters. The second kappa shape index (κ2) is 8.32. The number of methoxy groups -OCH3 is 1. The van der Waals surface area contributed by atoms with E-state index in [4.69, 9.17) is 4.74 Å². The third-order valence-corrected chi connectivity index (χ3v) is 7.54. The van der Waals surface area contributed by atoms with Crippen molar-refractivity contribution in [1.29, 1.82) is 0 Å². The smallest absolute Gasteiger partial charge is 0.255 e. The summed E-state index contributed by atoms with van der Waals surface area (Å²) in [4.78, 5) is 16.6. The highest BCUT2D eigenvalue weighted by atomic mass is 32.2. The summed E-state index contributed by atoms with van der Waals surface area (Å²) in [7, 11) is -2.19. The van der Waals surface area contributed by atoms with Gasteiger partial charge in [0, 0.05) is 18.9 Å². The summed E-state index contributed by atoms with van der Waals surface area (Å²) in [5, 5.41) is 3.49. The normalized spacial score (nSPS) is 12.3. The average molecular weight is 402 g/mol. The molecule has 0 aliphatic rings. The Morgan fingerprint density at radius 1 is 1.19 bits per heavy atom. The molecule has 2 heterocycles. The van der Waals surface area contributed by atoms with Crippen LogP contribution in [0.25, 0.3) is 0 Å². The van der Waals surface area contributed by atoms with Crippen LogP contribution in [0.3, 0.4) is 0 Å². The van der Waals surface area contributed by atoms with Gasteiger partial charge in [-0.15, -0.1) is 11.3 Å². The molecule has 0 radical (unpaired) electrons. The highest BCUT2D eigenvalue weighted by Crippen LogP contribution is 2.31. The largest absolute Gasteiger partial charge is 0.496 e. The Labute approximate surface area is 161 Å². The Bertz CT molecular complexity index is 1000. The number of pyridine rings is 1. The van der Waals surface area contributed by atoms with Crippen molar-refractivity contribution in [3.63, 3.8) is 0 Å². The van der Waals surface area contributed by atoms with Crippen molar-refractivity contribution < 1.29 is 17.9 Å². The van der Waals surface area contributed by atoms with Gasteiger partial charge in [-0.25, -0.2) is 8.42 Å². The molecule has 1 atom stereocenters. The zero-order chi connectivity index (χ0) is 19.3. The van der Waals surface area contributed by atoms with Crippen molar-refractivity contribution in [3.8, 4) is 5.75 Å². The van der Waals surface area contributed by atoms with Gasteiger partial charge in [0.2, 0.25) is 0 Å². The summed E-state index contributed by atoms with van der Waals surface area (Å²) < 4.78 is 31.6. The molecule has 0 aliphatic heterocycles. The predicted molar refractivity (Wildman–Crippen MR) is 104 cm³/mol. The summed E-state index contributed by atoms with van der Waals surface area (Å²) in [5.41, 5.74) is 0.865. The van der Waals surface area contributed by atoms with Crippen LogP contribution < -0.4 is 10.1 Å². The zero-order valence-electron chi connectivity index (χ0n) is 14.5. The van der Waals surface area contributed by atoms with Crippen molar-refractivity contribution >= 4 is 27.1 Å². The number of benzene rings is 1. The molecule has 140 valence electrons. The predicted octanol–water partition coefficient (Wildman–Crippen LogP) is 3.10. The average Bonchev–Trinajstić information content (AvgIpc) is 3.24. The second-order valence-electron chi connectivity index (χ2n) is 5.66. The second-order valence-corrected chi connectivity index (χ2v) is 8.97. The number of sulfone groups is 1. The van der Waals surface area contributed by atoms with Crippen molar-refractivity contribution in [2.24, 2.45) is 0 Å². The molecule has 1 amide bonds. The number of hydrogen-bond acceptors (Lipinski definition) is 6. The maximum atomic E-state index is 13.1. The molecule has 6 nitrogen and oxygen atoms in total. The molecule has 0 spiro atoms. The number of amides is 1. The third-order valence-electron chi connectivity index (χ3n) is 4.01. The van der Waals surface area contributed by atoms with Crippen LogP contribution in [0.15, 0.2) is 70.5 Å². The van der Waals surface area contributed by atoms with Gasteiger partial charge in [0.25, 0.3) is 5.91 Å². The molecule has 27 heavy (non-hydrogen) atoms. The van der Waals surface area contributed by atoms with Gasteiger partial charge < -0.3 is 10.1 Å². The van der Waals surface area contributed by atoms with E-state index < -0.39 is 21.0 Å². The van der Waals surface area contributed by atoms with E-state index in [1.807, 2.05) is 0 Å². The maximum Gasteiger partial charge on any atom is 0.255 e. The van der Waals surface area contributed by atoms with Crippen LogP contribution in [0.1, 0.15) is 21.2 Å². The lowest BCUT2D eigenvalue weighted by Gasteiger charge is -2.18. The lowest BCUT2D eigenvalue weighted by molar-refractivity contribution is 0.0950. The van der Waals surface area contributed by atoms with Gasteiger partial charge in [-0.05, 0) is 35.2 Å². The zero-order valence-corrected chi connectivity index (χ0v) is 16.2. The van der Waals surface area contributed by atoms with Crippen molar-refractivity contribution in [3.05, 3.63) is 77.4 Å². The van der Waals surface area contributed by atoms with E-state index in [1.54, 1.807) is 60.1 Å². The van der Waals surface area contributed by atoms with Crippen molar-refractivity contribution in [2.75, 3.05) is 13.7 Å². The van der Waals surface area contributed by atoms with E-state index in [-0.39, 0.29) is 10.8 Å². The lowest BCUT2D eigenvalue weighted by atomic mass is 10.1. The fourth-order valence-electron chi connectivity index (χ4n) is 2.65. The van der Waals surface area contributed by atoms with Crippen molar-refractivity contribution in [1.82, 2.24) is 10.3 Å². The first-order chi connectivity index (χ1) is 13.0. The van der Waals surface area contributed by atoms with Crippen molar-refractivity contribution in [2.45, 2.75) is 9.46 Å². The molecule has 3 rings (SSSR count). The van der Waals surface area contributed by atoms with E-state index in [2.05, 4.69) is 10.3 Å². The number of ether oxygens (including phenoxy) is 1. The van der Waals surface area contributed by atoms with E-state index in [0.717, 1.165) is 11.3 Å². The van der Waals surface area contributed by atoms with Crippen LogP contribution in [-0.2, 0) is 9.84 Å². The summed E-state index contributed by atoms with van der Waals surface area (Å²) in [6.07, 6.45) is 3.08. The summed E-state index contributed by atoms with van der Waals surface area (Å²) in [6.45, 7) is -0.0805. The maximum absolute atomic E-state index is 13.1. The number of aromatic nitrogens is 1. The quantitative estimate of drug-likeness (QED) is 0.656. The Kier molecular flexibility index (Phi) is 5.88. The minimum Gasteiger partial charge on any atom is -0.496 e. The van der Waals surface area contributed by atoms with Crippen LogP contribution in [0, 0.1) is 0 Å². The fourth-order valence-corrected chi connectivity index (χ4v) is 5.50. The number of carbonyl (C=O) groups excluding carboxylic acids is 1. The van der Waals surface area contributed by atoms with Crippen LogP contribution in [0.4, 0.5) is 0 Å². The highest BCUT2D eigenvalue weighted by Gasteiger charge is 2.31. The Morgan fingerprint density at radius 3 is 2.67 bits per heavy atom. The molecule has 0 aliphatic carbocycles. The molecule has 0 bridgehead atoms. The lowest BCUT2D eigenvalue weighted by Crippen LogP contribution is -2.32. The topological polar surface area (TPSA) is 85.4 Å². The van der Waals surface area contributed by atoms with Gasteiger partial charge in [0.1, 0.15) is 15.2 Å². The first-order valence-electron chi connectivity index (χ1n) is 8.12. The summed E-state index contributed by atoms with van der Waals surface area (Å²) in [6, 6.07) is 13.4. The molecule has 0 fully saturated rings. The first-order valence-corrected chi connectivity index (χ1v) is 10.5. The standard InChI is InChI=1S/C19H18N2O4S2/c1-25-16-8-3-2-7-15(16)19(22)21-13-17(14-6-4-10-20-12-14)27(23,24)18-9-5-11-26-18/h2-12,17H,13H2,1H3,(H,21,22)/t17-/m0/s1. The van der Waals surface area contributed by atoms with Gasteiger partial charge in [-0.3, -0.25) is 9.78 Å². The molecule has 0 saturated carbocycles. The SMILES string of the molecule is COc1ccccc1C(=O)NC[C@@H](c1cccnc1)S(=O)(=O)c1cccs1. The molecular formula is C19H18N2O4S2. The molecule has 0 saturated heterocycles. The first kappa shape index (κ1) is 19.1. The Morgan fingerprint density at radius 2 is 2.00 bits per heavy atom. The van der Waals surface area contributed by atoms with Gasteiger partial charge in [0.15, 0.2) is 9.84 Å². The minimum absolute atomic E-state index is 0.0805. The number of hydrogen-bond donors (Lipinski definition) is 1. The highest BCUT2D eigenvalue weighted by molar-refractivity contribution is 7.93. The number of thiophene rings is 1. The van der Waals surface area contributed by atoms with Gasteiger partial charge >= 0.3 is 0 Å². The monoisotopic (exact) mass is 402 g/mol. The molecule has 1 aromatic carbocycles. The van der Waals surface area contributed by atoms with Gasteiger partial charge in [0.05, 0.1) is 12.7 Å². The molecule has 2 aromatic heterocycles. The van der Waals surface area contributed by atoms with E-state index in [0.29, 0.717) is 16.9 Å². The van der Waals surface area contributed by atoms with Crippen LogP contribution in [-0.4, -0.2) is 33.0 Å². The molecule has 1 N–H and O–H groups in total. The number of nitrogens with one attached hydrogen (secondary N) is 1. The summed E-state index contributed by atoms with van der Waals surface area (Å²) in [5.74, 6) is 0.0248. The number of nitrogens with zero attached hydrogens (tertiary/aromatic N) is 1. The molecular weight excluding hydrogens is 384 g/mol. The number of rotatable bonds is 7. The Balaban J connectivity index is 1.88. The number of para-hydroxylation sites is 1. The van der Waals surface area contributed by atoms with Gasteiger partial charge in [-0.2, -0.15) is 0 Å². The van der Waals surface area contributed by atoms with Gasteiger partial charge in [-0.1, -0.05) is 24.3 Å². The van der Waals surface area contributed by atoms with E-state index in [9.17, 15) is 13.2 Å². The molecule has 3 aromatic rings. The minimum atomic E-state index is -3.67. The number of carbonyl (C=O) groups is 1. The van der Waals surface area contributed by atoms with E-state index in [1.165, 1.54) is 13.3 Å². The van der Waals surface area contributed by atoms with Crippen LogP contribution >= 0.6 is 11.3 Å². The molecule has 8 heteroatoms.